The molecule has 0 bridgehead atoms. The van der Waals surface area contributed by atoms with Gasteiger partial charge in [0.2, 0.25) is 12.1 Å². The number of hydrogen-bond donors (Lipinski definition) is 3. The van der Waals surface area contributed by atoms with E-state index in [2.05, 4.69) is 15.3 Å². The molecular formula is C30H31N5O3. The summed E-state index contributed by atoms with van der Waals surface area (Å²) in [6.45, 7) is 5.15. The van der Waals surface area contributed by atoms with Crippen LogP contribution < -0.4 is 11.1 Å². The monoisotopic (exact) mass is 509 g/mol. The normalized spacial score (nSPS) is 16.9. The number of anilines is 1. The maximum atomic E-state index is 13.0. The largest absolute Gasteiger partial charge is 0.407 e. The highest BCUT2D eigenvalue weighted by molar-refractivity contribution is 6.19. The fourth-order valence-electron chi connectivity index (χ4n) is 4.20. The molecule has 194 valence electrons. The predicted octanol–water partition coefficient (Wildman–Crippen LogP) is 4.99. The minimum absolute atomic E-state index is 0.163. The van der Waals surface area contributed by atoms with Crippen molar-refractivity contribution in [2.75, 3.05) is 18.5 Å². The first-order chi connectivity index (χ1) is 18.6. The lowest BCUT2D eigenvalue weighted by atomic mass is 9.96. The van der Waals surface area contributed by atoms with Crippen LogP contribution in [0.25, 0.3) is 5.57 Å². The summed E-state index contributed by atoms with van der Waals surface area (Å²) in [7, 11) is 0. The summed E-state index contributed by atoms with van der Waals surface area (Å²) in [5.41, 5.74) is 11.5. The molecule has 0 spiro atoms. The number of aliphatic imine (C=N–C) groups is 2. The number of nitrogens with zero attached hydrogens (tertiary/aromatic N) is 2. The van der Waals surface area contributed by atoms with Crippen molar-refractivity contribution >= 4 is 34.8 Å². The lowest BCUT2D eigenvalue weighted by Crippen LogP contribution is -2.29. The number of hydrogen-bond acceptors (Lipinski definition) is 6. The molecule has 4 N–H and O–H groups in total. The summed E-state index contributed by atoms with van der Waals surface area (Å²) in [5, 5.41) is 11.4. The number of carbonyl (C=O) groups excluding carboxylic acids is 1. The number of carbonyl (C=O) groups is 1. The Labute approximate surface area is 222 Å². The van der Waals surface area contributed by atoms with Crippen LogP contribution in [-0.2, 0) is 14.3 Å². The molecule has 0 saturated carbocycles. The molecule has 0 aromatic heterocycles. The van der Waals surface area contributed by atoms with Crippen LogP contribution in [-0.4, -0.2) is 42.9 Å². The number of benzodiazepines with no additional fused rings is 1. The van der Waals surface area contributed by atoms with Crippen molar-refractivity contribution in [3.05, 3.63) is 107 Å². The Morgan fingerprint density at radius 2 is 1.71 bits per heavy atom. The fraction of sp³-hybridized carbons (Fsp3) is 0.200. The summed E-state index contributed by atoms with van der Waals surface area (Å²) in [6, 6.07) is 24.2. The van der Waals surface area contributed by atoms with Gasteiger partial charge in [-0.2, -0.15) is 4.99 Å². The topological polar surface area (TPSA) is 122 Å². The number of fused-ring (bicyclic) bond motifs is 1. The molecule has 8 heteroatoms. The van der Waals surface area contributed by atoms with E-state index in [1.807, 2.05) is 92.7 Å². The summed E-state index contributed by atoms with van der Waals surface area (Å²) < 4.78 is 11.0. The number of benzene rings is 3. The first-order valence-corrected chi connectivity index (χ1v) is 12.6. The Bertz CT molecular complexity index is 1400. The molecule has 2 aliphatic rings. The van der Waals surface area contributed by atoms with E-state index >= 15 is 0 Å². The van der Waals surface area contributed by atoms with Gasteiger partial charge >= 0.3 is 0 Å². The molecule has 1 amide bonds. The Morgan fingerprint density at radius 3 is 2.45 bits per heavy atom. The van der Waals surface area contributed by atoms with Gasteiger partial charge in [0.05, 0.1) is 24.6 Å². The Morgan fingerprint density at radius 1 is 1.03 bits per heavy atom. The fourth-order valence-corrected chi connectivity index (χ4v) is 4.20. The van der Waals surface area contributed by atoms with Crippen molar-refractivity contribution in [3.63, 3.8) is 0 Å². The number of para-hydroxylation sites is 1. The maximum absolute atomic E-state index is 13.0. The molecule has 5 rings (SSSR count). The van der Waals surface area contributed by atoms with E-state index in [1.54, 1.807) is 6.07 Å². The van der Waals surface area contributed by atoms with E-state index in [9.17, 15) is 4.79 Å². The smallest absolute Gasteiger partial charge is 0.291 e. The number of amides is 1. The van der Waals surface area contributed by atoms with Gasteiger partial charge in [0.1, 0.15) is 0 Å². The SMILES string of the molecule is CC.N=C(O/C(N)=N/C1N=C(c2ccccc2)c2ccccc2NC1=O)c1ccccc1C1=CCOCC1. The Kier molecular flexibility index (Phi) is 8.79. The number of nitrogens with one attached hydrogen (secondary N) is 2. The minimum Gasteiger partial charge on any atom is -0.407 e. The second-order valence-electron chi connectivity index (χ2n) is 8.25. The summed E-state index contributed by atoms with van der Waals surface area (Å²) >= 11 is 0. The highest BCUT2D eigenvalue weighted by Gasteiger charge is 2.26. The highest BCUT2D eigenvalue weighted by Crippen LogP contribution is 2.26. The molecule has 8 nitrogen and oxygen atoms in total. The third-order valence-electron chi connectivity index (χ3n) is 5.91. The van der Waals surface area contributed by atoms with Crippen molar-refractivity contribution in [2.45, 2.75) is 26.4 Å². The molecule has 3 aromatic carbocycles. The summed E-state index contributed by atoms with van der Waals surface area (Å²) in [6.07, 6.45) is 1.56. The van der Waals surface area contributed by atoms with Gasteiger partial charge in [-0.1, -0.05) is 86.7 Å². The van der Waals surface area contributed by atoms with Crippen LogP contribution in [0.5, 0.6) is 0 Å². The van der Waals surface area contributed by atoms with E-state index < -0.39 is 12.1 Å². The van der Waals surface area contributed by atoms with E-state index in [0.29, 0.717) is 30.2 Å². The summed E-state index contributed by atoms with van der Waals surface area (Å²) in [5.74, 6) is -0.608. The second kappa shape index (κ2) is 12.6. The third-order valence-corrected chi connectivity index (χ3v) is 5.91. The third kappa shape index (κ3) is 6.04. The van der Waals surface area contributed by atoms with Gasteiger partial charge in [-0.3, -0.25) is 10.2 Å². The van der Waals surface area contributed by atoms with Gasteiger partial charge in [0, 0.05) is 16.7 Å². The van der Waals surface area contributed by atoms with Crippen LogP contribution in [0, 0.1) is 5.41 Å². The quantitative estimate of drug-likeness (QED) is 0.339. The van der Waals surface area contributed by atoms with Crippen molar-refractivity contribution < 1.29 is 14.3 Å². The minimum atomic E-state index is -1.19. The van der Waals surface area contributed by atoms with Crippen LogP contribution in [0.15, 0.2) is 94.9 Å². The molecule has 2 heterocycles. The van der Waals surface area contributed by atoms with E-state index in [0.717, 1.165) is 28.7 Å². The van der Waals surface area contributed by atoms with Gasteiger partial charge < -0.3 is 20.5 Å². The molecule has 0 fully saturated rings. The average molecular weight is 510 g/mol. The molecular weight excluding hydrogens is 478 g/mol. The predicted molar refractivity (Wildman–Crippen MR) is 152 cm³/mol. The molecule has 0 saturated heterocycles. The number of ether oxygens (including phenoxy) is 2. The lowest BCUT2D eigenvalue weighted by molar-refractivity contribution is -0.117. The van der Waals surface area contributed by atoms with Crippen molar-refractivity contribution in [1.29, 1.82) is 5.41 Å². The van der Waals surface area contributed by atoms with Gasteiger partial charge in [0.25, 0.3) is 11.9 Å². The molecule has 2 aliphatic heterocycles. The maximum Gasteiger partial charge on any atom is 0.291 e. The standard InChI is InChI=1S/C28H25N5O3.C2H6/c29-25(21-11-5-4-10-20(21)18-14-16-35-17-15-18)36-28(30)33-26-27(34)31-23-13-7-6-12-22(23)24(32-26)19-8-2-1-3-9-19;1-2/h1-14,26,29H,15-17H2,(H2,30,33)(H,31,34);1-2H3. The first-order valence-electron chi connectivity index (χ1n) is 12.6. The van der Waals surface area contributed by atoms with Gasteiger partial charge in [0.15, 0.2) is 0 Å². The molecule has 1 unspecified atom stereocenters. The van der Waals surface area contributed by atoms with Crippen molar-refractivity contribution in [1.82, 2.24) is 0 Å². The van der Waals surface area contributed by atoms with Gasteiger partial charge in [-0.05, 0) is 29.7 Å². The summed E-state index contributed by atoms with van der Waals surface area (Å²) in [4.78, 5) is 21.9. The number of amidine groups is 1. The van der Waals surface area contributed by atoms with E-state index in [-0.39, 0.29) is 11.9 Å². The number of nitrogens with two attached hydrogens (primary N) is 1. The van der Waals surface area contributed by atoms with E-state index in [4.69, 9.17) is 20.6 Å². The molecule has 1 atom stereocenters. The molecule has 0 radical (unpaired) electrons. The van der Waals surface area contributed by atoms with Crippen LogP contribution in [0.3, 0.4) is 0 Å². The number of rotatable bonds is 4. The van der Waals surface area contributed by atoms with Crippen LogP contribution in [0.1, 0.15) is 42.5 Å². The zero-order valence-electron chi connectivity index (χ0n) is 21.5. The molecule has 38 heavy (non-hydrogen) atoms. The highest BCUT2D eigenvalue weighted by atomic mass is 16.5. The van der Waals surface area contributed by atoms with Crippen molar-refractivity contribution in [2.24, 2.45) is 15.7 Å². The van der Waals surface area contributed by atoms with Crippen LogP contribution >= 0.6 is 0 Å². The van der Waals surface area contributed by atoms with Gasteiger partial charge in [-0.15, -0.1) is 0 Å². The van der Waals surface area contributed by atoms with Crippen LogP contribution in [0.4, 0.5) is 5.69 Å². The zero-order valence-corrected chi connectivity index (χ0v) is 21.5. The molecule has 3 aromatic rings. The zero-order chi connectivity index (χ0) is 26.9. The van der Waals surface area contributed by atoms with Crippen LogP contribution in [0.2, 0.25) is 0 Å². The Balaban J connectivity index is 0.00000164. The van der Waals surface area contributed by atoms with Gasteiger partial charge in [-0.25, -0.2) is 4.99 Å². The first kappa shape index (κ1) is 26.5. The average Bonchev–Trinajstić information content (AvgIpc) is 3.11. The second-order valence-corrected chi connectivity index (χ2v) is 8.25. The molecule has 0 aliphatic carbocycles. The lowest BCUT2D eigenvalue weighted by Gasteiger charge is -2.17. The Hall–Kier alpha value is -4.56. The van der Waals surface area contributed by atoms with E-state index in [1.165, 1.54) is 0 Å². The van der Waals surface area contributed by atoms with Crippen molar-refractivity contribution in [3.8, 4) is 0 Å².